The Morgan fingerprint density at radius 2 is 1.63 bits per heavy atom. The van der Waals surface area contributed by atoms with Crippen molar-refractivity contribution < 1.29 is 14.7 Å². The van der Waals surface area contributed by atoms with Gasteiger partial charge in [0.05, 0.1) is 11.2 Å². The number of carbonyl (C=O) groups is 2. The van der Waals surface area contributed by atoms with Gasteiger partial charge in [-0.2, -0.15) is 0 Å². The van der Waals surface area contributed by atoms with Gasteiger partial charge >= 0.3 is 5.97 Å². The maximum Gasteiger partial charge on any atom is 0.354 e. The summed E-state index contributed by atoms with van der Waals surface area (Å²) in [5.41, 5.74) is 12.6. The average molecular weight is 566 g/mol. The molecule has 0 aliphatic carbocycles. The summed E-state index contributed by atoms with van der Waals surface area (Å²) in [5, 5.41) is 14.5. The fraction of sp³-hybridized carbons (Fsp3) is 0.176. The van der Waals surface area contributed by atoms with Gasteiger partial charge in [-0.3, -0.25) is 4.79 Å². The van der Waals surface area contributed by atoms with Crippen molar-refractivity contribution in [3.05, 3.63) is 118 Å². The number of carboxylic acids is 1. The van der Waals surface area contributed by atoms with Gasteiger partial charge in [-0.05, 0) is 76.6 Å². The number of hydrogen-bond donors (Lipinski definition) is 3. The number of hydrogen-bond acceptors (Lipinski definition) is 3. The van der Waals surface area contributed by atoms with Crippen molar-refractivity contribution in [1.29, 1.82) is 0 Å². The van der Waals surface area contributed by atoms with Crippen LogP contribution in [0.2, 0.25) is 5.02 Å². The van der Waals surface area contributed by atoms with E-state index in [1.165, 1.54) is 5.56 Å². The van der Waals surface area contributed by atoms with Crippen LogP contribution in [0.3, 0.4) is 0 Å². The number of nitrogens with one attached hydrogen (secondary N) is 1. The molecule has 0 bridgehead atoms. The molecule has 1 heterocycles. The number of carbonyl (C=O) groups excluding carboxylic acids is 1. The van der Waals surface area contributed by atoms with Crippen molar-refractivity contribution in [3.8, 4) is 11.1 Å². The summed E-state index contributed by atoms with van der Waals surface area (Å²) in [5.74, 6) is -1.60. The summed E-state index contributed by atoms with van der Waals surface area (Å²) in [6, 6.07) is 26.5. The van der Waals surface area contributed by atoms with Gasteiger partial charge in [-0.1, -0.05) is 80.9 Å². The third-order valence-electron chi connectivity index (χ3n) is 7.36. The van der Waals surface area contributed by atoms with Gasteiger partial charge in [0.1, 0.15) is 0 Å². The van der Waals surface area contributed by atoms with E-state index in [0.29, 0.717) is 27.2 Å². The largest absolute Gasteiger partial charge is 0.477 e. The number of carboxylic acid groups (broad SMARTS) is 1. The van der Waals surface area contributed by atoms with Crippen LogP contribution in [-0.4, -0.2) is 21.6 Å². The van der Waals surface area contributed by atoms with Crippen molar-refractivity contribution in [2.45, 2.75) is 39.7 Å². The number of halogens is 1. The number of fused-ring (bicyclic) bond motifs is 1. The van der Waals surface area contributed by atoms with Crippen molar-refractivity contribution in [2.75, 3.05) is 11.1 Å². The van der Waals surface area contributed by atoms with Crippen molar-refractivity contribution in [1.82, 2.24) is 4.57 Å². The molecule has 0 spiro atoms. The Morgan fingerprint density at radius 1 is 0.927 bits per heavy atom. The van der Waals surface area contributed by atoms with Crippen LogP contribution in [0, 0.1) is 6.92 Å². The second-order valence-electron chi connectivity index (χ2n) is 11.3. The van der Waals surface area contributed by atoms with E-state index >= 15 is 0 Å². The highest BCUT2D eigenvalue weighted by Gasteiger charge is 2.25. The molecule has 0 radical (unpaired) electrons. The number of nitrogen functional groups attached to an aromatic ring is 1. The molecule has 0 aliphatic rings. The van der Waals surface area contributed by atoms with Crippen LogP contribution in [0.15, 0.2) is 84.9 Å². The predicted molar refractivity (Wildman–Crippen MR) is 167 cm³/mol. The van der Waals surface area contributed by atoms with Gasteiger partial charge in [0.2, 0.25) is 0 Å². The molecule has 7 heteroatoms. The van der Waals surface area contributed by atoms with Gasteiger partial charge in [-0.15, -0.1) is 0 Å². The van der Waals surface area contributed by atoms with E-state index in [0.717, 1.165) is 22.3 Å². The maximum absolute atomic E-state index is 13.4. The molecule has 1 amide bonds. The van der Waals surface area contributed by atoms with Crippen LogP contribution < -0.4 is 11.1 Å². The lowest BCUT2D eigenvalue weighted by molar-refractivity contribution is 0.0687. The standard InChI is InChI=1S/C34H32ClN3O3/c1-20-8-9-24(18-28(20)36)32(39)37-30-27-17-23(22-10-13-25(14-11-22)34(2,3)4)12-15-29(27)38(31(30)33(40)41)19-21-6-5-7-26(35)16-21/h5-18H,19,36H2,1-4H3,(H,37,39)(H,40,41). The molecule has 0 fully saturated rings. The Balaban J connectivity index is 1.68. The van der Waals surface area contributed by atoms with Gasteiger partial charge in [-0.25, -0.2) is 4.79 Å². The van der Waals surface area contributed by atoms with Crippen LogP contribution in [0.4, 0.5) is 11.4 Å². The average Bonchev–Trinajstić information content (AvgIpc) is 3.22. The number of rotatable bonds is 6. The molecule has 208 valence electrons. The zero-order valence-corrected chi connectivity index (χ0v) is 24.2. The number of aromatic carboxylic acids is 1. The summed E-state index contributed by atoms with van der Waals surface area (Å²) in [4.78, 5) is 26.2. The summed E-state index contributed by atoms with van der Waals surface area (Å²) < 4.78 is 1.70. The van der Waals surface area contributed by atoms with Gasteiger partial charge in [0, 0.05) is 28.2 Å². The normalized spacial score (nSPS) is 11.5. The highest BCUT2D eigenvalue weighted by molar-refractivity contribution is 6.30. The highest BCUT2D eigenvalue weighted by atomic mass is 35.5. The van der Waals surface area contributed by atoms with E-state index in [4.69, 9.17) is 17.3 Å². The second kappa shape index (κ2) is 10.8. The lowest BCUT2D eigenvalue weighted by atomic mass is 9.86. The maximum atomic E-state index is 13.4. The molecular weight excluding hydrogens is 534 g/mol. The minimum absolute atomic E-state index is 0.0198. The summed E-state index contributed by atoms with van der Waals surface area (Å²) in [6.45, 7) is 8.62. The number of nitrogens with two attached hydrogens (primary N) is 1. The fourth-order valence-electron chi connectivity index (χ4n) is 5.00. The van der Waals surface area contributed by atoms with Crippen LogP contribution in [0.5, 0.6) is 0 Å². The predicted octanol–water partition coefficient (Wildman–Crippen LogP) is 8.15. The summed E-state index contributed by atoms with van der Waals surface area (Å²) >= 11 is 6.23. The highest BCUT2D eigenvalue weighted by Crippen LogP contribution is 2.36. The fourth-order valence-corrected chi connectivity index (χ4v) is 5.21. The Morgan fingerprint density at radius 3 is 2.27 bits per heavy atom. The molecule has 0 atom stereocenters. The topological polar surface area (TPSA) is 97.4 Å². The summed E-state index contributed by atoms with van der Waals surface area (Å²) in [7, 11) is 0. The van der Waals surface area contributed by atoms with E-state index in [1.54, 1.807) is 34.9 Å². The summed E-state index contributed by atoms with van der Waals surface area (Å²) in [6.07, 6.45) is 0. The molecule has 0 aliphatic heterocycles. The molecule has 41 heavy (non-hydrogen) atoms. The Kier molecular flexibility index (Phi) is 7.37. The van der Waals surface area contributed by atoms with Gasteiger partial charge in [0.25, 0.3) is 5.91 Å². The molecule has 0 unspecified atom stereocenters. The third-order valence-corrected chi connectivity index (χ3v) is 7.60. The SMILES string of the molecule is Cc1ccc(C(=O)Nc2c(C(=O)O)n(Cc3cccc(Cl)c3)c3ccc(-c4ccc(C(C)(C)C)cc4)cc23)cc1N. The number of anilines is 2. The molecule has 5 rings (SSSR count). The molecule has 4 aromatic carbocycles. The van der Waals surface area contributed by atoms with Crippen molar-refractivity contribution >= 4 is 45.8 Å². The number of aromatic nitrogens is 1. The van der Waals surface area contributed by atoms with Crippen LogP contribution >= 0.6 is 11.6 Å². The first-order valence-corrected chi connectivity index (χ1v) is 13.7. The quantitative estimate of drug-likeness (QED) is 0.181. The van der Waals surface area contributed by atoms with Crippen LogP contribution in [0.25, 0.3) is 22.0 Å². The second-order valence-corrected chi connectivity index (χ2v) is 11.8. The molecule has 5 aromatic rings. The molecule has 0 saturated heterocycles. The van der Waals surface area contributed by atoms with Crippen LogP contribution in [0.1, 0.15) is 58.3 Å². The van der Waals surface area contributed by atoms with Crippen molar-refractivity contribution in [2.24, 2.45) is 0 Å². The lowest BCUT2D eigenvalue weighted by Crippen LogP contribution is -2.17. The van der Waals surface area contributed by atoms with E-state index in [9.17, 15) is 14.7 Å². The Bertz CT molecular complexity index is 1800. The zero-order valence-electron chi connectivity index (χ0n) is 23.5. The molecule has 0 saturated carbocycles. The zero-order chi connectivity index (χ0) is 29.5. The smallest absolute Gasteiger partial charge is 0.354 e. The Hall–Kier alpha value is -4.55. The first-order valence-electron chi connectivity index (χ1n) is 13.3. The van der Waals surface area contributed by atoms with E-state index in [-0.39, 0.29) is 23.3 Å². The Labute approximate surface area is 244 Å². The monoisotopic (exact) mass is 565 g/mol. The third kappa shape index (κ3) is 5.70. The molecule has 6 nitrogen and oxygen atoms in total. The number of aryl methyl sites for hydroxylation is 1. The van der Waals surface area contributed by atoms with Crippen LogP contribution in [-0.2, 0) is 12.0 Å². The molecule has 4 N–H and O–H groups in total. The lowest BCUT2D eigenvalue weighted by Gasteiger charge is -2.19. The minimum Gasteiger partial charge on any atom is -0.477 e. The van der Waals surface area contributed by atoms with Gasteiger partial charge in [0.15, 0.2) is 5.69 Å². The molecule has 1 aromatic heterocycles. The molecular formula is C34H32ClN3O3. The van der Waals surface area contributed by atoms with Crippen molar-refractivity contribution in [3.63, 3.8) is 0 Å². The first kappa shape index (κ1) is 28.0. The van der Waals surface area contributed by atoms with E-state index in [1.807, 2.05) is 37.3 Å². The first-order chi connectivity index (χ1) is 19.4. The van der Waals surface area contributed by atoms with E-state index < -0.39 is 11.9 Å². The number of nitrogens with zero attached hydrogens (tertiary/aromatic N) is 1. The van der Waals surface area contributed by atoms with Gasteiger partial charge < -0.3 is 20.7 Å². The number of amides is 1. The minimum atomic E-state index is -1.15. The van der Waals surface area contributed by atoms with E-state index in [2.05, 4.69) is 50.4 Å². The number of benzene rings is 4.